The van der Waals surface area contributed by atoms with Crippen LogP contribution in [0.3, 0.4) is 0 Å². The molecule has 1 amide bonds. The van der Waals surface area contributed by atoms with Gasteiger partial charge in [0.15, 0.2) is 0 Å². The van der Waals surface area contributed by atoms with Gasteiger partial charge in [0.05, 0.1) is 24.3 Å². The molecule has 0 spiro atoms. The molecule has 0 saturated heterocycles. The Labute approximate surface area is 155 Å². The molecule has 0 N–H and O–H groups in total. The maximum Gasteiger partial charge on any atom is 0.255 e. The predicted octanol–water partition coefficient (Wildman–Crippen LogP) is 2.51. The van der Waals surface area contributed by atoms with Gasteiger partial charge in [-0.3, -0.25) is 4.79 Å². The van der Waals surface area contributed by atoms with Gasteiger partial charge in [-0.15, -0.1) is 0 Å². The number of hydrogen-bond acceptors (Lipinski definition) is 5. The number of amides is 1. The summed E-state index contributed by atoms with van der Waals surface area (Å²) in [4.78, 5) is 22.9. The van der Waals surface area contributed by atoms with Crippen LogP contribution in [-0.4, -0.2) is 62.7 Å². The summed E-state index contributed by atoms with van der Waals surface area (Å²) in [6.45, 7) is 4.33. The average Bonchev–Trinajstić information content (AvgIpc) is 2.66. The molecule has 2 aromatic rings. The van der Waals surface area contributed by atoms with Crippen molar-refractivity contribution in [3.05, 3.63) is 48.2 Å². The van der Waals surface area contributed by atoms with Crippen molar-refractivity contribution < 1.29 is 9.53 Å². The summed E-state index contributed by atoms with van der Waals surface area (Å²) in [5, 5.41) is 0. The van der Waals surface area contributed by atoms with E-state index >= 15 is 0 Å². The van der Waals surface area contributed by atoms with Crippen LogP contribution in [0.15, 0.2) is 42.6 Å². The Bertz CT molecular complexity index is 761. The van der Waals surface area contributed by atoms with Crippen LogP contribution in [0.25, 0.3) is 0 Å². The first-order valence-corrected chi connectivity index (χ1v) is 8.89. The van der Waals surface area contributed by atoms with Crippen LogP contribution in [0.1, 0.15) is 17.3 Å². The number of carbonyl (C=O) groups is 1. The SMILES string of the molecule is CCN1C[C@@H](CN(C)C(=O)c2ccc(N(C)C)nc2)Oc2ccccc21. The number of rotatable bonds is 5. The van der Waals surface area contributed by atoms with Crippen LogP contribution >= 0.6 is 0 Å². The zero-order chi connectivity index (χ0) is 18.7. The first-order valence-electron chi connectivity index (χ1n) is 8.89. The number of para-hydroxylation sites is 2. The minimum absolute atomic E-state index is 0.0479. The van der Waals surface area contributed by atoms with Crippen molar-refractivity contribution in [2.24, 2.45) is 0 Å². The van der Waals surface area contributed by atoms with E-state index in [0.29, 0.717) is 12.1 Å². The summed E-state index contributed by atoms with van der Waals surface area (Å²) in [6.07, 6.45) is 1.57. The summed E-state index contributed by atoms with van der Waals surface area (Å²) in [6, 6.07) is 11.7. The highest BCUT2D eigenvalue weighted by atomic mass is 16.5. The molecule has 26 heavy (non-hydrogen) atoms. The first kappa shape index (κ1) is 18.0. The number of hydrogen-bond donors (Lipinski definition) is 0. The molecule has 0 radical (unpaired) electrons. The van der Waals surface area contributed by atoms with Crippen molar-refractivity contribution in [3.63, 3.8) is 0 Å². The highest BCUT2D eigenvalue weighted by molar-refractivity contribution is 5.94. The highest BCUT2D eigenvalue weighted by Gasteiger charge is 2.27. The Morgan fingerprint density at radius 3 is 2.65 bits per heavy atom. The smallest absolute Gasteiger partial charge is 0.255 e. The van der Waals surface area contributed by atoms with Crippen LogP contribution in [0.2, 0.25) is 0 Å². The molecule has 1 aromatic heterocycles. The van der Waals surface area contributed by atoms with Crippen LogP contribution in [-0.2, 0) is 0 Å². The van der Waals surface area contributed by atoms with Crippen molar-refractivity contribution in [2.45, 2.75) is 13.0 Å². The quantitative estimate of drug-likeness (QED) is 0.826. The predicted molar refractivity (Wildman–Crippen MR) is 104 cm³/mol. The van der Waals surface area contributed by atoms with E-state index in [2.05, 4.69) is 22.9 Å². The largest absolute Gasteiger partial charge is 0.485 e. The number of nitrogens with zero attached hydrogens (tertiary/aromatic N) is 4. The molecule has 2 heterocycles. The number of pyridine rings is 1. The van der Waals surface area contributed by atoms with E-state index in [1.807, 2.05) is 56.4 Å². The zero-order valence-electron chi connectivity index (χ0n) is 15.8. The van der Waals surface area contributed by atoms with Gasteiger partial charge in [-0.2, -0.15) is 0 Å². The van der Waals surface area contributed by atoms with Crippen molar-refractivity contribution in [2.75, 3.05) is 50.6 Å². The van der Waals surface area contributed by atoms with Crippen LogP contribution < -0.4 is 14.5 Å². The molecular weight excluding hydrogens is 328 g/mol. The molecule has 0 bridgehead atoms. The third-order valence-electron chi connectivity index (χ3n) is 4.58. The van der Waals surface area contributed by atoms with Gasteiger partial charge in [0, 0.05) is 33.9 Å². The minimum Gasteiger partial charge on any atom is -0.485 e. The van der Waals surface area contributed by atoms with Gasteiger partial charge in [-0.25, -0.2) is 4.98 Å². The van der Waals surface area contributed by atoms with Crippen LogP contribution in [0.4, 0.5) is 11.5 Å². The lowest BCUT2D eigenvalue weighted by atomic mass is 10.1. The highest BCUT2D eigenvalue weighted by Crippen LogP contribution is 2.32. The molecular formula is C20H26N4O2. The summed E-state index contributed by atoms with van der Waals surface area (Å²) in [5.74, 6) is 1.66. The molecule has 0 unspecified atom stereocenters. The van der Waals surface area contributed by atoms with Gasteiger partial charge in [-0.1, -0.05) is 12.1 Å². The third-order valence-corrected chi connectivity index (χ3v) is 4.58. The van der Waals surface area contributed by atoms with Gasteiger partial charge < -0.3 is 19.4 Å². The second-order valence-electron chi connectivity index (χ2n) is 6.73. The molecule has 0 aliphatic carbocycles. The monoisotopic (exact) mass is 354 g/mol. The molecule has 3 rings (SSSR count). The van der Waals surface area contributed by atoms with Gasteiger partial charge in [-0.05, 0) is 31.2 Å². The Balaban J connectivity index is 1.68. The average molecular weight is 354 g/mol. The topological polar surface area (TPSA) is 48.9 Å². The van der Waals surface area contributed by atoms with E-state index in [1.54, 1.807) is 11.1 Å². The van der Waals surface area contributed by atoms with E-state index in [0.717, 1.165) is 30.3 Å². The molecule has 1 aliphatic rings. The molecule has 1 atom stereocenters. The summed E-state index contributed by atoms with van der Waals surface area (Å²) < 4.78 is 6.11. The number of likely N-dealkylation sites (N-methyl/N-ethyl adjacent to an activating group) is 2. The number of benzene rings is 1. The van der Waals surface area contributed by atoms with Crippen molar-refractivity contribution in [1.82, 2.24) is 9.88 Å². The molecule has 1 aliphatic heterocycles. The van der Waals surface area contributed by atoms with Gasteiger partial charge >= 0.3 is 0 Å². The maximum atomic E-state index is 12.7. The van der Waals surface area contributed by atoms with E-state index < -0.39 is 0 Å². The number of aromatic nitrogens is 1. The van der Waals surface area contributed by atoms with Crippen molar-refractivity contribution >= 4 is 17.4 Å². The Morgan fingerprint density at radius 2 is 2.00 bits per heavy atom. The number of carbonyl (C=O) groups excluding carboxylic acids is 1. The van der Waals surface area contributed by atoms with Gasteiger partial charge in [0.2, 0.25) is 0 Å². The standard InChI is InChI=1S/C20H26N4O2/c1-5-24-14-16(26-18-9-7-6-8-17(18)24)13-23(4)20(25)15-10-11-19(21-12-15)22(2)3/h6-12,16H,5,13-14H2,1-4H3/t16-/m1/s1. The lowest BCUT2D eigenvalue weighted by molar-refractivity contribution is 0.0709. The number of ether oxygens (including phenoxy) is 1. The fourth-order valence-electron chi connectivity index (χ4n) is 3.16. The molecule has 1 aromatic carbocycles. The van der Waals surface area contributed by atoms with Crippen molar-refractivity contribution in [3.8, 4) is 5.75 Å². The fraction of sp³-hybridized carbons (Fsp3) is 0.400. The van der Waals surface area contributed by atoms with Crippen LogP contribution in [0, 0.1) is 0 Å². The van der Waals surface area contributed by atoms with E-state index in [-0.39, 0.29) is 12.0 Å². The second kappa shape index (κ2) is 7.64. The number of fused-ring (bicyclic) bond motifs is 1. The normalized spacial score (nSPS) is 15.8. The number of anilines is 2. The van der Waals surface area contributed by atoms with Gasteiger partial charge in [0.25, 0.3) is 5.91 Å². The summed E-state index contributed by atoms with van der Waals surface area (Å²) >= 11 is 0. The molecule has 6 heteroatoms. The van der Waals surface area contributed by atoms with E-state index in [9.17, 15) is 4.79 Å². The van der Waals surface area contributed by atoms with E-state index in [4.69, 9.17) is 4.74 Å². The second-order valence-corrected chi connectivity index (χ2v) is 6.73. The molecule has 0 saturated carbocycles. The van der Waals surface area contributed by atoms with Crippen LogP contribution in [0.5, 0.6) is 5.75 Å². The fourth-order valence-corrected chi connectivity index (χ4v) is 3.16. The lowest BCUT2D eigenvalue weighted by Gasteiger charge is -2.37. The van der Waals surface area contributed by atoms with Crippen molar-refractivity contribution in [1.29, 1.82) is 0 Å². The molecule has 6 nitrogen and oxygen atoms in total. The molecule has 0 fully saturated rings. The summed E-state index contributed by atoms with van der Waals surface area (Å²) in [5.41, 5.74) is 1.70. The lowest BCUT2D eigenvalue weighted by Crippen LogP contribution is -2.46. The first-order chi connectivity index (χ1) is 12.5. The van der Waals surface area contributed by atoms with E-state index in [1.165, 1.54) is 0 Å². The maximum absolute atomic E-state index is 12.7. The molecule has 138 valence electrons. The van der Waals surface area contributed by atoms with Gasteiger partial charge in [0.1, 0.15) is 17.7 Å². The Hall–Kier alpha value is -2.76. The summed E-state index contributed by atoms with van der Waals surface area (Å²) in [7, 11) is 5.66. The minimum atomic E-state index is -0.0622. The third kappa shape index (κ3) is 3.74. The Morgan fingerprint density at radius 1 is 1.23 bits per heavy atom. The Kier molecular flexibility index (Phi) is 5.30. The zero-order valence-corrected chi connectivity index (χ0v) is 15.8.